The number of hydrogen-bond donors (Lipinski definition) is 2. The fourth-order valence-electron chi connectivity index (χ4n) is 2.04. The highest BCUT2D eigenvalue weighted by Crippen LogP contribution is 2.42. The van der Waals surface area contributed by atoms with Gasteiger partial charge in [0, 0.05) is 12.3 Å². The molecule has 3 N–H and O–H groups in total. The molecular weight excluding hydrogens is 202 g/mol. The average Bonchev–Trinajstić information content (AvgIpc) is 2.58. The summed E-state index contributed by atoms with van der Waals surface area (Å²) in [5.41, 5.74) is 5.44. The predicted octanol–water partition coefficient (Wildman–Crippen LogP) is -0.0585. The van der Waals surface area contributed by atoms with Crippen LogP contribution in [0.25, 0.3) is 0 Å². The van der Waals surface area contributed by atoms with E-state index in [0.717, 1.165) is 5.75 Å². The summed E-state index contributed by atoms with van der Waals surface area (Å²) in [5, 5.41) is 9.76. The van der Waals surface area contributed by atoms with Gasteiger partial charge in [-0.15, -0.1) is 0 Å². The molecule has 2 aliphatic rings. The van der Waals surface area contributed by atoms with Crippen LogP contribution in [0, 0.1) is 0 Å². The number of fused-ring (bicyclic) bond motifs is 1. The molecule has 14 heavy (non-hydrogen) atoms. The van der Waals surface area contributed by atoms with Gasteiger partial charge in [0.15, 0.2) is 5.79 Å². The third-order valence-electron chi connectivity index (χ3n) is 2.62. The van der Waals surface area contributed by atoms with E-state index in [9.17, 15) is 5.11 Å². The van der Waals surface area contributed by atoms with Crippen LogP contribution in [0.1, 0.15) is 13.8 Å². The van der Waals surface area contributed by atoms with Gasteiger partial charge < -0.3 is 20.3 Å². The van der Waals surface area contributed by atoms with Crippen molar-refractivity contribution in [1.29, 1.82) is 0 Å². The van der Waals surface area contributed by atoms with E-state index in [2.05, 4.69) is 0 Å². The summed E-state index contributed by atoms with van der Waals surface area (Å²) in [7, 11) is 0. The number of ether oxygens (including phenoxy) is 2. The molecule has 0 aliphatic carbocycles. The molecule has 0 radical (unpaired) electrons. The van der Waals surface area contributed by atoms with Crippen LogP contribution in [0.15, 0.2) is 0 Å². The molecule has 0 saturated carbocycles. The lowest BCUT2D eigenvalue weighted by Crippen LogP contribution is -2.40. The zero-order valence-corrected chi connectivity index (χ0v) is 9.29. The van der Waals surface area contributed by atoms with E-state index in [1.54, 1.807) is 11.8 Å². The van der Waals surface area contributed by atoms with Gasteiger partial charge in [-0.25, -0.2) is 0 Å². The molecule has 4 nitrogen and oxygen atoms in total. The normalized spacial score (nSPS) is 42.4. The first-order valence-corrected chi connectivity index (χ1v) is 5.94. The van der Waals surface area contributed by atoms with Crippen molar-refractivity contribution < 1.29 is 14.6 Å². The van der Waals surface area contributed by atoms with Gasteiger partial charge in [-0.05, 0) is 13.8 Å². The van der Waals surface area contributed by atoms with Crippen LogP contribution in [0.2, 0.25) is 0 Å². The number of hydrogen-bond acceptors (Lipinski definition) is 5. The molecule has 5 heteroatoms. The second kappa shape index (κ2) is 3.64. The van der Waals surface area contributed by atoms with Gasteiger partial charge in [-0.3, -0.25) is 0 Å². The lowest BCUT2D eigenvalue weighted by atomic mass is 10.1. The van der Waals surface area contributed by atoms with Crippen LogP contribution in [0.3, 0.4) is 0 Å². The summed E-state index contributed by atoms with van der Waals surface area (Å²) in [6, 6.07) is 0. The number of thioether (sulfide) groups is 1. The molecule has 2 fully saturated rings. The van der Waals surface area contributed by atoms with E-state index in [4.69, 9.17) is 15.2 Å². The highest BCUT2D eigenvalue weighted by atomic mass is 32.2. The van der Waals surface area contributed by atoms with Gasteiger partial charge >= 0.3 is 0 Å². The average molecular weight is 219 g/mol. The molecule has 0 aromatic heterocycles. The van der Waals surface area contributed by atoms with E-state index >= 15 is 0 Å². The Morgan fingerprint density at radius 2 is 2.29 bits per heavy atom. The Hall–Kier alpha value is 0.190. The quantitative estimate of drug-likeness (QED) is 0.681. The number of aliphatic hydroxyl groups is 1. The minimum Gasteiger partial charge on any atom is -0.391 e. The van der Waals surface area contributed by atoms with Crippen molar-refractivity contribution in [2.75, 3.05) is 12.3 Å². The van der Waals surface area contributed by atoms with E-state index < -0.39 is 11.9 Å². The lowest BCUT2D eigenvalue weighted by molar-refractivity contribution is -0.147. The maximum Gasteiger partial charge on any atom is 0.163 e. The Morgan fingerprint density at radius 1 is 1.57 bits per heavy atom. The molecule has 4 atom stereocenters. The number of aliphatic hydroxyl groups excluding tert-OH is 1. The lowest BCUT2D eigenvalue weighted by Gasteiger charge is -2.23. The van der Waals surface area contributed by atoms with Crippen molar-refractivity contribution in [3.05, 3.63) is 0 Å². The Morgan fingerprint density at radius 3 is 2.93 bits per heavy atom. The molecule has 2 unspecified atom stereocenters. The second-order valence-corrected chi connectivity index (χ2v) is 5.45. The molecule has 0 amide bonds. The smallest absolute Gasteiger partial charge is 0.163 e. The molecule has 0 spiro atoms. The van der Waals surface area contributed by atoms with Crippen molar-refractivity contribution in [2.45, 2.75) is 43.2 Å². The Bertz CT molecular complexity index is 224. The molecule has 2 rings (SSSR count). The van der Waals surface area contributed by atoms with Gasteiger partial charge in [0.1, 0.15) is 6.10 Å². The van der Waals surface area contributed by atoms with Gasteiger partial charge in [0.05, 0.1) is 17.5 Å². The van der Waals surface area contributed by atoms with Crippen molar-refractivity contribution >= 4 is 11.8 Å². The third kappa shape index (κ3) is 1.79. The summed E-state index contributed by atoms with van der Waals surface area (Å²) in [5.74, 6) is 0.374. The summed E-state index contributed by atoms with van der Waals surface area (Å²) >= 11 is 1.69. The summed E-state index contributed by atoms with van der Waals surface area (Å²) < 4.78 is 11.5. The molecular formula is C9H17NO3S. The van der Waals surface area contributed by atoms with Crippen LogP contribution >= 0.6 is 11.8 Å². The maximum absolute atomic E-state index is 9.69. The largest absolute Gasteiger partial charge is 0.391 e. The zero-order chi connectivity index (χ0) is 10.3. The van der Waals surface area contributed by atoms with E-state index in [0.29, 0.717) is 0 Å². The monoisotopic (exact) mass is 219 g/mol. The summed E-state index contributed by atoms with van der Waals surface area (Å²) in [6.07, 6.45) is -0.387. The van der Waals surface area contributed by atoms with Gasteiger partial charge in [-0.1, -0.05) is 0 Å². The fourth-order valence-corrected chi connectivity index (χ4v) is 3.46. The van der Waals surface area contributed by atoms with Crippen LogP contribution in [-0.2, 0) is 9.47 Å². The molecule has 2 saturated heterocycles. The Balaban J connectivity index is 2.04. The number of rotatable bonds is 2. The van der Waals surface area contributed by atoms with Gasteiger partial charge in [0.2, 0.25) is 0 Å². The topological polar surface area (TPSA) is 64.7 Å². The standard InChI is InChI=1S/C9H17NO3S/c1-9(2)12-6-4-14-8(5(11)3-10)7(6)13-9/h5-8,11H,3-4,10H2,1-2H3/t5?,6?,7-,8-/m0/s1. The fraction of sp³-hybridized carbons (Fsp3) is 1.00. The molecule has 2 aliphatic heterocycles. The van der Waals surface area contributed by atoms with Gasteiger partial charge in [0.25, 0.3) is 0 Å². The maximum atomic E-state index is 9.69. The minimum atomic E-state index is -0.511. The van der Waals surface area contributed by atoms with Crippen LogP contribution in [0.5, 0.6) is 0 Å². The van der Waals surface area contributed by atoms with Crippen molar-refractivity contribution in [1.82, 2.24) is 0 Å². The van der Waals surface area contributed by atoms with Crippen LogP contribution in [-0.4, -0.2) is 46.8 Å². The number of nitrogens with two attached hydrogens (primary N) is 1. The SMILES string of the molecule is CC1(C)OC2CS[C@@H](C(O)CN)[C@H]2O1. The summed E-state index contributed by atoms with van der Waals surface area (Å²) in [6.45, 7) is 4.09. The molecule has 0 aromatic carbocycles. The van der Waals surface area contributed by atoms with E-state index in [1.807, 2.05) is 13.8 Å². The van der Waals surface area contributed by atoms with Gasteiger partial charge in [-0.2, -0.15) is 11.8 Å². The van der Waals surface area contributed by atoms with Crippen LogP contribution in [0.4, 0.5) is 0 Å². The predicted molar refractivity (Wildman–Crippen MR) is 55.1 cm³/mol. The minimum absolute atomic E-state index is 0.00597. The molecule has 0 aromatic rings. The van der Waals surface area contributed by atoms with Crippen molar-refractivity contribution in [3.63, 3.8) is 0 Å². The molecule has 0 bridgehead atoms. The molecule has 82 valence electrons. The Kier molecular flexibility index (Phi) is 2.79. The van der Waals surface area contributed by atoms with Crippen molar-refractivity contribution in [2.24, 2.45) is 5.73 Å². The highest BCUT2D eigenvalue weighted by Gasteiger charge is 2.51. The summed E-state index contributed by atoms with van der Waals surface area (Å²) in [4.78, 5) is 0. The van der Waals surface area contributed by atoms with Crippen LogP contribution < -0.4 is 5.73 Å². The Labute approximate surface area is 88.1 Å². The van der Waals surface area contributed by atoms with Crippen molar-refractivity contribution in [3.8, 4) is 0 Å². The van der Waals surface area contributed by atoms with E-state index in [1.165, 1.54) is 0 Å². The molecule has 2 heterocycles. The zero-order valence-electron chi connectivity index (χ0n) is 8.47. The third-order valence-corrected chi connectivity index (χ3v) is 4.11. The van der Waals surface area contributed by atoms with E-state index in [-0.39, 0.29) is 24.0 Å². The first kappa shape index (κ1) is 10.7. The highest BCUT2D eigenvalue weighted by molar-refractivity contribution is 8.00. The first-order chi connectivity index (χ1) is 6.53. The second-order valence-electron chi connectivity index (χ2n) is 4.24. The first-order valence-electron chi connectivity index (χ1n) is 4.89.